The van der Waals surface area contributed by atoms with Crippen molar-refractivity contribution in [3.8, 4) is 11.7 Å². The predicted molar refractivity (Wildman–Crippen MR) is 111 cm³/mol. The molecule has 0 fully saturated rings. The highest BCUT2D eigenvalue weighted by atomic mass is 16.5. The monoisotopic (exact) mass is 408 g/mol. The Bertz CT molecular complexity index is 1030. The van der Waals surface area contributed by atoms with Crippen LogP contribution in [0.15, 0.2) is 42.6 Å². The third-order valence-electron chi connectivity index (χ3n) is 4.56. The molecular formula is C21H24N6O3. The first-order chi connectivity index (χ1) is 14.4. The summed E-state index contributed by atoms with van der Waals surface area (Å²) in [7, 11) is 4.93. The second-order valence-electron chi connectivity index (χ2n) is 6.78. The third kappa shape index (κ3) is 4.45. The van der Waals surface area contributed by atoms with Gasteiger partial charge in [-0.25, -0.2) is 4.68 Å². The Hall–Kier alpha value is -3.75. The summed E-state index contributed by atoms with van der Waals surface area (Å²) in [6.07, 6.45) is 2.12. The smallest absolute Gasteiger partial charge is 0.255 e. The van der Waals surface area contributed by atoms with Crippen molar-refractivity contribution in [2.24, 2.45) is 0 Å². The van der Waals surface area contributed by atoms with E-state index in [1.165, 1.54) is 18.2 Å². The minimum absolute atomic E-state index is 0.0628. The van der Waals surface area contributed by atoms with Gasteiger partial charge in [-0.3, -0.25) is 9.59 Å². The molecule has 156 valence electrons. The minimum atomic E-state index is -0.229. The Morgan fingerprint density at radius 1 is 1.10 bits per heavy atom. The quantitative estimate of drug-likeness (QED) is 0.640. The lowest BCUT2D eigenvalue weighted by molar-refractivity contribution is 0.0827. The normalized spacial score (nSPS) is 10.5. The lowest BCUT2D eigenvalue weighted by Crippen LogP contribution is -2.24. The molecule has 0 spiro atoms. The molecule has 2 heterocycles. The van der Waals surface area contributed by atoms with Crippen molar-refractivity contribution in [3.05, 3.63) is 65.0 Å². The summed E-state index contributed by atoms with van der Waals surface area (Å²) >= 11 is 0. The van der Waals surface area contributed by atoms with Gasteiger partial charge in [-0.1, -0.05) is 19.1 Å². The average Bonchev–Trinajstić information content (AvgIpc) is 3.21. The molecule has 9 nitrogen and oxygen atoms in total. The molecule has 0 atom stereocenters. The van der Waals surface area contributed by atoms with Crippen LogP contribution in [0, 0.1) is 0 Å². The number of methoxy groups -OCH3 is 1. The lowest BCUT2D eigenvalue weighted by Gasteiger charge is -2.11. The van der Waals surface area contributed by atoms with Crippen LogP contribution in [0.25, 0.3) is 5.82 Å². The van der Waals surface area contributed by atoms with Crippen molar-refractivity contribution < 1.29 is 14.3 Å². The van der Waals surface area contributed by atoms with E-state index in [0.717, 1.165) is 11.3 Å². The summed E-state index contributed by atoms with van der Waals surface area (Å²) in [5, 5.41) is 15.2. The number of carbonyl (C=O) groups excluding carboxylic acids is 2. The number of rotatable bonds is 7. The predicted octanol–water partition coefficient (Wildman–Crippen LogP) is 1.87. The number of carbonyl (C=O) groups is 2. The summed E-state index contributed by atoms with van der Waals surface area (Å²) in [6, 6.07) is 10.6. The zero-order valence-electron chi connectivity index (χ0n) is 17.4. The second-order valence-corrected chi connectivity index (χ2v) is 6.78. The molecule has 0 aliphatic carbocycles. The molecule has 3 aromatic rings. The highest BCUT2D eigenvalue weighted by molar-refractivity contribution is 5.95. The highest BCUT2D eigenvalue weighted by Crippen LogP contribution is 2.16. The molecule has 2 aromatic heterocycles. The number of aromatic nitrogens is 4. The maximum atomic E-state index is 12.7. The van der Waals surface area contributed by atoms with E-state index < -0.39 is 0 Å². The number of hydrogen-bond acceptors (Lipinski definition) is 6. The maximum absolute atomic E-state index is 12.7. The minimum Gasteiger partial charge on any atom is -0.480 e. The maximum Gasteiger partial charge on any atom is 0.255 e. The fourth-order valence-corrected chi connectivity index (χ4v) is 2.94. The fraction of sp³-hybridized carbons (Fsp3) is 0.286. The van der Waals surface area contributed by atoms with Crippen LogP contribution in [0.3, 0.4) is 0 Å². The van der Waals surface area contributed by atoms with E-state index in [1.54, 1.807) is 43.0 Å². The number of nitrogens with zero attached hydrogens (tertiary/aromatic N) is 5. The molecule has 3 rings (SSSR count). The first-order valence-electron chi connectivity index (χ1n) is 9.48. The Kier molecular flexibility index (Phi) is 6.41. The zero-order valence-corrected chi connectivity index (χ0v) is 17.4. The summed E-state index contributed by atoms with van der Waals surface area (Å²) in [4.78, 5) is 26.2. The Labute approximate surface area is 174 Å². The topological polar surface area (TPSA) is 102 Å². The van der Waals surface area contributed by atoms with Crippen molar-refractivity contribution in [1.82, 2.24) is 30.2 Å². The summed E-state index contributed by atoms with van der Waals surface area (Å²) in [5.74, 6) is 0.619. The molecule has 2 amide bonds. The molecule has 9 heteroatoms. The lowest BCUT2D eigenvalue weighted by atomic mass is 10.1. The highest BCUT2D eigenvalue weighted by Gasteiger charge is 2.18. The van der Waals surface area contributed by atoms with E-state index >= 15 is 0 Å². The molecule has 0 unspecified atom stereocenters. The number of benzene rings is 1. The molecule has 0 radical (unpaired) electrons. The number of nitrogens with one attached hydrogen (secondary N) is 1. The van der Waals surface area contributed by atoms with E-state index in [2.05, 4.69) is 20.6 Å². The fourth-order valence-electron chi connectivity index (χ4n) is 2.94. The number of amides is 2. The molecule has 0 aliphatic heterocycles. The van der Waals surface area contributed by atoms with Crippen LogP contribution < -0.4 is 10.1 Å². The van der Waals surface area contributed by atoms with Gasteiger partial charge in [0.05, 0.1) is 24.6 Å². The Morgan fingerprint density at radius 2 is 1.83 bits per heavy atom. The van der Waals surface area contributed by atoms with Gasteiger partial charge >= 0.3 is 0 Å². The van der Waals surface area contributed by atoms with Crippen LogP contribution in [0.2, 0.25) is 0 Å². The van der Waals surface area contributed by atoms with Gasteiger partial charge in [0.25, 0.3) is 11.8 Å². The van der Waals surface area contributed by atoms with Crippen LogP contribution in [0.5, 0.6) is 5.88 Å². The van der Waals surface area contributed by atoms with Crippen molar-refractivity contribution in [3.63, 3.8) is 0 Å². The summed E-state index contributed by atoms with van der Waals surface area (Å²) < 4.78 is 6.62. The van der Waals surface area contributed by atoms with Crippen molar-refractivity contribution in [2.45, 2.75) is 19.9 Å². The summed E-state index contributed by atoms with van der Waals surface area (Å²) in [6.45, 7) is 2.29. The van der Waals surface area contributed by atoms with Crippen molar-refractivity contribution in [2.75, 3.05) is 21.2 Å². The average molecular weight is 408 g/mol. The molecule has 0 aliphatic rings. The van der Waals surface area contributed by atoms with Crippen LogP contribution >= 0.6 is 0 Å². The standard InChI is InChI=1S/C21H24N6O3/c1-5-17-16(13-23-27(17)18-10-11-19(30-4)25-24-18)20(28)22-12-14-6-8-15(9-7-14)21(29)26(2)3/h6-11,13H,5,12H2,1-4H3,(H,22,28). The van der Waals surface area contributed by atoms with Gasteiger partial charge in [-0.15, -0.1) is 10.2 Å². The van der Waals surface area contributed by atoms with E-state index in [-0.39, 0.29) is 11.8 Å². The number of ether oxygens (including phenoxy) is 1. The number of hydrogen-bond donors (Lipinski definition) is 1. The Balaban J connectivity index is 1.71. The zero-order chi connectivity index (χ0) is 21.7. The SMILES string of the molecule is CCc1c(C(=O)NCc2ccc(C(=O)N(C)C)cc2)cnn1-c1ccc(OC)nn1. The summed E-state index contributed by atoms with van der Waals surface area (Å²) in [5.41, 5.74) is 2.71. The van der Waals surface area contributed by atoms with Gasteiger partial charge in [-0.2, -0.15) is 5.10 Å². The molecular weight excluding hydrogens is 384 g/mol. The van der Waals surface area contributed by atoms with E-state index in [4.69, 9.17) is 4.74 Å². The van der Waals surface area contributed by atoms with Gasteiger partial charge in [-0.05, 0) is 30.2 Å². The third-order valence-corrected chi connectivity index (χ3v) is 4.56. The van der Waals surface area contributed by atoms with Gasteiger partial charge in [0.15, 0.2) is 5.82 Å². The van der Waals surface area contributed by atoms with E-state index in [1.807, 2.05) is 19.1 Å². The molecule has 0 saturated heterocycles. The molecule has 0 bridgehead atoms. The molecule has 0 saturated carbocycles. The van der Waals surface area contributed by atoms with Crippen molar-refractivity contribution >= 4 is 11.8 Å². The van der Waals surface area contributed by atoms with Crippen molar-refractivity contribution in [1.29, 1.82) is 0 Å². The largest absolute Gasteiger partial charge is 0.480 e. The Morgan fingerprint density at radius 3 is 2.40 bits per heavy atom. The molecule has 1 aromatic carbocycles. The second kappa shape index (κ2) is 9.17. The molecule has 1 N–H and O–H groups in total. The van der Waals surface area contributed by atoms with Crippen LogP contribution in [0.4, 0.5) is 0 Å². The van der Waals surface area contributed by atoms with Gasteiger partial charge in [0.2, 0.25) is 5.88 Å². The van der Waals surface area contributed by atoms with E-state index in [0.29, 0.717) is 35.8 Å². The van der Waals surface area contributed by atoms with Crippen LogP contribution in [-0.4, -0.2) is 57.9 Å². The molecule has 30 heavy (non-hydrogen) atoms. The van der Waals surface area contributed by atoms with Crippen LogP contribution in [0.1, 0.15) is 38.9 Å². The van der Waals surface area contributed by atoms with Gasteiger partial charge in [0, 0.05) is 32.3 Å². The first-order valence-corrected chi connectivity index (χ1v) is 9.48. The van der Waals surface area contributed by atoms with Gasteiger partial charge in [0.1, 0.15) is 0 Å². The first kappa shape index (κ1) is 21.0. The van der Waals surface area contributed by atoms with E-state index in [9.17, 15) is 9.59 Å². The van der Waals surface area contributed by atoms with Gasteiger partial charge < -0.3 is 15.0 Å². The van der Waals surface area contributed by atoms with Crippen LogP contribution in [-0.2, 0) is 13.0 Å².